The Morgan fingerprint density at radius 3 is 0.873 bits per heavy atom. The topological polar surface area (TPSA) is 326 Å². The minimum atomic E-state index is -4.76. The van der Waals surface area contributed by atoms with Crippen molar-refractivity contribution in [3.05, 3.63) is 144 Å². The van der Waals surface area contributed by atoms with E-state index in [1.54, 1.807) is 23.6 Å². The molecular formula is C80H101F18N15O12S. The van der Waals surface area contributed by atoms with Crippen LogP contribution in [0.5, 0.6) is 5.75 Å². The van der Waals surface area contributed by atoms with Gasteiger partial charge in [-0.15, -0.1) is 13.2 Å². The molecule has 126 heavy (non-hydrogen) atoms. The van der Waals surface area contributed by atoms with Crippen LogP contribution in [-0.4, -0.2) is 207 Å². The van der Waals surface area contributed by atoms with Crippen LogP contribution in [0.15, 0.2) is 121 Å². The van der Waals surface area contributed by atoms with Crippen LogP contribution in [0, 0.1) is 5.41 Å². The van der Waals surface area contributed by atoms with Gasteiger partial charge in [-0.3, -0.25) is 14.5 Å². The van der Waals surface area contributed by atoms with Crippen molar-refractivity contribution in [2.45, 2.75) is 186 Å². The lowest BCUT2D eigenvalue weighted by atomic mass is 9.91. The summed E-state index contributed by atoms with van der Waals surface area (Å²) >= 11 is 0. The second kappa shape index (κ2) is 46.0. The monoisotopic (exact) mass is 1840 g/mol. The van der Waals surface area contributed by atoms with Gasteiger partial charge in [0, 0.05) is 137 Å². The Labute approximate surface area is 714 Å². The number of carbonyl (C=O) groups excluding carboxylic acids is 8. The van der Waals surface area contributed by atoms with E-state index in [0.717, 1.165) is 79.1 Å². The van der Waals surface area contributed by atoms with E-state index < -0.39 is 106 Å². The molecule has 10 rings (SSSR count). The molecule has 27 nitrogen and oxygen atoms in total. The van der Waals surface area contributed by atoms with E-state index in [2.05, 4.69) is 57.9 Å². The maximum Gasteiger partial charge on any atom is 0.573 e. The number of halogens is 18. The molecule has 5 saturated heterocycles. The van der Waals surface area contributed by atoms with Crippen LogP contribution < -0.4 is 57.9 Å². The first kappa shape index (κ1) is 104. The molecule has 5 heterocycles. The molecule has 0 spiro atoms. The number of urea groups is 5. The maximum absolute atomic E-state index is 12.5. The number of carbonyl (C=O) groups is 8. The summed E-state index contributed by atoms with van der Waals surface area (Å²) in [5, 5.41) is 26.1. The first-order valence-corrected chi connectivity index (χ1v) is 41.4. The standard InChI is InChI=1S/C19H26F3N3O2.C17H22F3N3O4.C15H17F6N3O.C15H18F3N3O2.C14H18F3N3O3S/c1-18(2,3)12-16(26)25-10-8-15(9-11-25)24-17(27)23-14-6-4-13(5-7-14)19(20,21)22;1-11(2)26-16(25)23-9-7-13(8-10-23)22-15(24)21-12-3-5-14(6-4-12)27-17(18,19)20;16-14(17,18)9-24-7-5-12(6-8-24)23-13(25)22-11-3-1-10(2-4-11)15(19,20)21;1-10(22)21-8-6-13(7-9-21)20-14(23)19-12-4-2-11(3-5-12)15(16,17)18;1-24(22,23)20-8-6-12(7-9-20)19-13(21)18-11-4-2-10(3-5-11)14(15,16)17/h4-7,15H,8-12H2,1-3H3,(H2,23,24,27);3-6,11,13H,7-10H2,1-2H3,(H2,21,22,24);1-4,12H,5-9H2,(H2,22,23,25);2-5,13H,6-9H2,1H3,(H2,19,20,23);2-5,12H,6-9H2,1H3,(H2,18,19,21). The van der Waals surface area contributed by atoms with Crippen molar-refractivity contribution < 1.29 is 135 Å². The van der Waals surface area contributed by atoms with Gasteiger partial charge in [0.2, 0.25) is 21.8 Å². The molecule has 46 heteroatoms. The molecule has 0 saturated carbocycles. The van der Waals surface area contributed by atoms with Gasteiger partial charge >= 0.3 is 73.5 Å². The van der Waals surface area contributed by atoms with E-state index in [9.17, 15) is 126 Å². The molecule has 0 unspecified atom stereocenters. The number of nitrogens with zero attached hydrogens (tertiary/aromatic N) is 5. The zero-order valence-corrected chi connectivity index (χ0v) is 70.2. The summed E-state index contributed by atoms with van der Waals surface area (Å²) in [6, 6.07) is 18.3. The molecule has 5 aliphatic heterocycles. The van der Waals surface area contributed by atoms with Gasteiger partial charge in [0.15, 0.2) is 0 Å². The smallest absolute Gasteiger partial charge is 0.447 e. The lowest BCUT2D eigenvalue weighted by Crippen LogP contribution is -2.48. The number of piperidine rings is 5. The molecule has 0 radical (unpaired) electrons. The summed E-state index contributed by atoms with van der Waals surface area (Å²) in [7, 11) is -3.23. The minimum Gasteiger partial charge on any atom is -0.447 e. The number of nitrogens with one attached hydrogen (secondary N) is 10. The van der Waals surface area contributed by atoms with Gasteiger partial charge in [0.1, 0.15) is 5.75 Å². The van der Waals surface area contributed by atoms with Crippen molar-refractivity contribution in [1.82, 2.24) is 50.5 Å². The molecule has 0 atom stereocenters. The highest BCUT2D eigenvalue weighted by Gasteiger charge is 2.38. The highest BCUT2D eigenvalue weighted by Crippen LogP contribution is 2.35. The van der Waals surface area contributed by atoms with Crippen LogP contribution in [0.1, 0.15) is 134 Å². The van der Waals surface area contributed by atoms with E-state index in [-0.39, 0.29) is 95.5 Å². The third-order valence-corrected chi connectivity index (χ3v) is 20.7. The van der Waals surface area contributed by atoms with Gasteiger partial charge in [-0.1, -0.05) is 20.8 Å². The Kier molecular flexibility index (Phi) is 37.9. The molecule has 5 aromatic rings. The average molecular weight is 1840 g/mol. The first-order valence-electron chi connectivity index (χ1n) is 39.6. The molecule has 700 valence electrons. The Morgan fingerprint density at radius 1 is 0.381 bits per heavy atom. The van der Waals surface area contributed by atoms with Gasteiger partial charge < -0.3 is 77.3 Å². The fourth-order valence-electron chi connectivity index (χ4n) is 13.0. The van der Waals surface area contributed by atoms with Crippen molar-refractivity contribution in [3.63, 3.8) is 0 Å². The molecule has 0 aromatic heterocycles. The van der Waals surface area contributed by atoms with E-state index in [4.69, 9.17) is 4.74 Å². The third-order valence-electron chi connectivity index (χ3n) is 19.4. The Balaban J connectivity index is 0.000000244. The Hall–Kier alpha value is -10.9. The van der Waals surface area contributed by atoms with Crippen LogP contribution in [0.3, 0.4) is 0 Å². The van der Waals surface area contributed by atoms with Crippen LogP contribution in [0.25, 0.3) is 0 Å². The zero-order chi connectivity index (χ0) is 93.9. The summed E-state index contributed by atoms with van der Waals surface area (Å²) < 4.78 is 256. The Morgan fingerprint density at radius 2 is 0.635 bits per heavy atom. The van der Waals surface area contributed by atoms with E-state index in [1.165, 1.54) is 64.7 Å². The SMILES string of the molecule is CC(=O)N1CCC(NC(=O)Nc2ccc(C(F)(F)F)cc2)CC1.CC(C)(C)CC(=O)N1CCC(NC(=O)Nc2ccc(C(F)(F)F)cc2)CC1.CC(C)OC(=O)N1CCC(NC(=O)Nc2ccc(OC(F)(F)F)cc2)CC1.CS(=O)(=O)N1CCC(NC(=O)Nc2ccc(C(F)(F)F)cc2)CC1.O=C(Nc1ccc(C(F)(F)F)cc1)NC1CCN(CC(F)(F)F)CC1. The quantitative estimate of drug-likeness (QED) is 0.0436. The summed E-state index contributed by atoms with van der Waals surface area (Å²) in [6.07, 6.45) is -20.1. The summed E-state index contributed by atoms with van der Waals surface area (Å²) in [5.41, 5.74) is -1.85. The number of benzene rings is 5. The maximum atomic E-state index is 12.5. The average Bonchev–Trinajstić information content (AvgIpc) is 0.855. The molecule has 0 aliphatic carbocycles. The van der Waals surface area contributed by atoms with Crippen molar-refractivity contribution in [3.8, 4) is 5.75 Å². The van der Waals surface area contributed by atoms with Crippen LogP contribution in [0.4, 0.5) is 136 Å². The lowest BCUT2D eigenvalue weighted by molar-refractivity contribution is -0.274. The minimum absolute atomic E-state index is 0.0117. The van der Waals surface area contributed by atoms with Crippen LogP contribution >= 0.6 is 0 Å². The number of amides is 13. The van der Waals surface area contributed by atoms with Crippen molar-refractivity contribution >= 4 is 86.5 Å². The predicted octanol–water partition coefficient (Wildman–Crippen LogP) is 16.9. The molecule has 5 aromatic carbocycles. The van der Waals surface area contributed by atoms with Gasteiger partial charge in [-0.05, 0) is 205 Å². The normalized spacial score (nSPS) is 16.5. The van der Waals surface area contributed by atoms with Gasteiger partial charge in [-0.25, -0.2) is 41.5 Å². The van der Waals surface area contributed by atoms with Crippen molar-refractivity contribution in [1.29, 1.82) is 0 Å². The summed E-state index contributed by atoms with van der Waals surface area (Å²) in [5.74, 6) is -0.234. The molecule has 0 bridgehead atoms. The lowest BCUT2D eigenvalue weighted by Gasteiger charge is -2.34. The van der Waals surface area contributed by atoms with Crippen LogP contribution in [-0.2, 0) is 49.1 Å². The summed E-state index contributed by atoms with van der Waals surface area (Å²) in [6.45, 7) is 14.5. The van der Waals surface area contributed by atoms with Crippen molar-refractivity contribution in [2.24, 2.45) is 5.41 Å². The molecule has 13 amide bonds. The first-order chi connectivity index (χ1) is 58.4. The number of hydrogen-bond acceptors (Lipinski definition) is 13. The Bertz CT molecular complexity index is 4430. The van der Waals surface area contributed by atoms with E-state index in [1.807, 2.05) is 25.7 Å². The highest BCUT2D eigenvalue weighted by molar-refractivity contribution is 7.88. The van der Waals surface area contributed by atoms with Crippen molar-refractivity contribution in [2.75, 3.05) is 105 Å². The molecule has 5 aliphatic rings. The number of hydrogen-bond donors (Lipinski definition) is 10. The number of ether oxygens (including phenoxy) is 2. The summed E-state index contributed by atoms with van der Waals surface area (Å²) in [4.78, 5) is 101. The third kappa shape index (κ3) is 39.3. The molecule has 10 N–H and O–H groups in total. The number of rotatable bonds is 15. The predicted molar refractivity (Wildman–Crippen MR) is 430 cm³/mol. The fourth-order valence-corrected chi connectivity index (χ4v) is 13.8. The van der Waals surface area contributed by atoms with Crippen LogP contribution in [0.2, 0.25) is 0 Å². The number of alkyl halides is 18. The molecular weight excluding hydrogens is 1740 g/mol. The van der Waals surface area contributed by atoms with Gasteiger partial charge in [0.25, 0.3) is 0 Å². The fraction of sp³-hybridized carbons (Fsp3) is 0.525. The largest absolute Gasteiger partial charge is 0.573 e. The van der Waals surface area contributed by atoms with Gasteiger partial charge in [0.05, 0.1) is 41.2 Å². The number of likely N-dealkylation sites (tertiary alicyclic amines) is 4. The second-order valence-electron chi connectivity index (χ2n) is 31.3. The van der Waals surface area contributed by atoms with E-state index >= 15 is 0 Å². The number of sulfonamides is 1. The van der Waals surface area contributed by atoms with E-state index in [0.29, 0.717) is 134 Å². The number of anilines is 5. The second-order valence-corrected chi connectivity index (χ2v) is 33.3. The zero-order valence-electron chi connectivity index (χ0n) is 69.4. The van der Waals surface area contributed by atoms with Gasteiger partial charge in [-0.2, -0.15) is 65.9 Å². The highest BCUT2D eigenvalue weighted by atomic mass is 32.2. The molecule has 5 fully saturated rings.